The summed E-state index contributed by atoms with van der Waals surface area (Å²) in [5, 5.41) is -1.02. The Hall–Kier alpha value is -2.84. The standard InChI is InChI=1S/C29H35O4Si2/c1-28(2,3)20-18-24-26(25(19-20)33-34(4)5)29(35(6,7)8,22-16-12-13-17-23(22)32-24)27(30)31-21-14-10-9-11-15-21/h9-19H,1-8H3. The van der Waals surface area contributed by atoms with Crippen LogP contribution in [-0.2, 0) is 15.2 Å². The first-order chi connectivity index (χ1) is 16.4. The van der Waals surface area contributed by atoms with Gasteiger partial charge >= 0.3 is 5.97 Å². The van der Waals surface area contributed by atoms with Gasteiger partial charge in [-0.25, -0.2) is 0 Å². The third kappa shape index (κ3) is 4.45. The van der Waals surface area contributed by atoms with E-state index in [9.17, 15) is 4.79 Å². The molecule has 0 bridgehead atoms. The minimum Gasteiger partial charge on any atom is -0.542 e. The Morgan fingerprint density at radius 1 is 0.914 bits per heavy atom. The Morgan fingerprint density at radius 2 is 1.54 bits per heavy atom. The van der Waals surface area contributed by atoms with Crippen LogP contribution in [0.2, 0.25) is 32.7 Å². The van der Waals surface area contributed by atoms with Gasteiger partial charge in [0.1, 0.15) is 28.0 Å². The summed E-state index contributed by atoms with van der Waals surface area (Å²) in [6, 6.07) is 21.4. The number of ether oxygens (including phenoxy) is 2. The van der Waals surface area contributed by atoms with Crippen LogP contribution in [0.5, 0.6) is 23.0 Å². The van der Waals surface area contributed by atoms with Gasteiger partial charge in [0.15, 0.2) is 0 Å². The molecule has 0 saturated carbocycles. The molecule has 183 valence electrons. The molecule has 0 saturated heterocycles. The maximum Gasteiger partial charge on any atom is 0.323 e. The zero-order chi connectivity index (χ0) is 25.6. The summed E-state index contributed by atoms with van der Waals surface area (Å²) < 4.78 is 19.2. The summed E-state index contributed by atoms with van der Waals surface area (Å²) >= 11 is 0. The molecule has 35 heavy (non-hydrogen) atoms. The van der Waals surface area contributed by atoms with Crippen LogP contribution in [0.1, 0.15) is 37.5 Å². The molecule has 1 aliphatic rings. The molecule has 3 aromatic carbocycles. The van der Waals surface area contributed by atoms with Gasteiger partial charge in [-0.2, -0.15) is 0 Å². The summed E-state index contributed by atoms with van der Waals surface area (Å²) in [5.41, 5.74) is 2.64. The average Bonchev–Trinajstić information content (AvgIpc) is 2.76. The van der Waals surface area contributed by atoms with Gasteiger partial charge in [-0.15, -0.1) is 0 Å². The molecule has 0 spiro atoms. The van der Waals surface area contributed by atoms with Crippen molar-refractivity contribution in [3.63, 3.8) is 0 Å². The smallest absolute Gasteiger partial charge is 0.323 e. The molecular weight excluding hydrogens is 468 g/mol. The van der Waals surface area contributed by atoms with E-state index in [0.717, 1.165) is 22.4 Å². The molecule has 0 aliphatic carbocycles. The number of fused-ring (bicyclic) bond motifs is 2. The highest BCUT2D eigenvalue weighted by Gasteiger charge is 2.60. The highest BCUT2D eigenvalue weighted by atomic mass is 28.3. The highest BCUT2D eigenvalue weighted by molar-refractivity contribution is 6.83. The topological polar surface area (TPSA) is 44.8 Å². The summed E-state index contributed by atoms with van der Waals surface area (Å²) in [4.78, 5) is 14.5. The van der Waals surface area contributed by atoms with Crippen LogP contribution in [0.3, 0.4) is 0 Å². The second-order valence-corrected chi connectivity index (χ2v) is 18.7. The molecule has 4 rings (SSSR count). The molecule has 1 aliphatic heterocycles. The number of carbonyl (C=O) groups excluding carboxylic acids is 1. The third-order valence-electron chi connectivity index (χ3n) is 6.52. The number of para-hydroxylation sites is 2. The fourth-order valence-electron chi connectivity index (χ4n) is 4.86. The number of rotatable bonds is 5. The van der Waals surface area contributed by atoms with E-state index in [-0.39, 0.29) is 11.4 Å². The number of hydrogen-bond acceptors (Lipinski definition) is 4. The van der Waals surface area contributed by atoms with E-state index in [4.69, 9.17) is 13.9 Å². The van der Waals surface area contributed by atoms with Gasteiger partial charge in [-0.1, -0.05) is 76.8 Å². The van der Waals surface area contributed by atoms with E-state index >= 15 is 0 Å². The van der Waals surface area contributed by atoms with Gasteiger partial charge in [-0.3, -0.25) is 4.79 Å². The summed E-state index contributed by atoms with van der Waals surface area (Å²) in [7, 11) is -3.52. The minimum atomic E-state index is -2.39. The van der Waals surface area contributed by atoms with Crippen LogP contribution < -0.4 is 13.9 Å². The summed E-state index contributed by atoms with van der Waals surface area (Å²) in [5.74, 6) is 2.36. The maximum absolute atomic E-state index is 14.5. The third-order valence-corrected chi connectivity index (χ3v) is 10.1. The first kappa shape index (κ1) is 25.3. The number of hydrogen-bond donors (Lipinski definition) is 0. The van der Waals surface area contributed by atoms with Crippen molar-refractivity contribution in [3.05, 3.63) is 83.4 Å². The van der Waals surface area contributed by atoms with E-state index in [2.05, 4.69) is 65.6 Å². The Labute approximate surface area is 212 Å². The van der Waals surface area contributed by atoms with Crippen LogP contribution in [0.4, 0.5) is 0 Å². The van der Waals surface area contributed by atoms with Crippen molar-refractivity contribution in [1.82, 2.24) is 0 Å². The van der Waals surface area contributed by atoms with Crippen LogP contribution in [0.25, 0.3) is 0 Å². The molecule has 4 nitrogen and oxygen atoms in total. The quantitative estimate of drug-likeness (QED) is 0.206. The molecule has 0 aromatic heterocycles. The largest absolute Gasteiger partial charge is 0.542 e. The average molecular weight is 504 g/mol. The fraction of sp³-hybridized carbons (Fsp3) is 0.345. The lowest BCUT2D eigenvalue weighted by Gasteiger charge is -2.46. The zero-order valence-corrected chi connectivity index (χ0v) is 24.0. The monoisotopic (exact) mass is 503 g/mol. The van der Waals surface area contributed by atoms with Gasteiger partial charge in [0.25, 0.3) is 9.04 Å². The van der Waals surface area contributed by atoms with Crippen molar-refractivity contribution in [2.45, 2.75) is 64.0 Å². The minimum absolute atomic E-state index is 0.117. The summed E-state index contributed by atoms with van der Waals surface area (Å²) in [6.45, 7) is 17.4. The molecule has 0 N–H and O–H groups in total. The number of esters is 1. The molecule has 6 heteroatoms. The molecule has 3 aromatic rings. The van der Waals surface area contributed by atoms with E-state index in [1.807, 2.05) is 54.6 Å². The van der Waals surface area contributed by atoms with Crippen molar-refractivity contribution < 1.29 is 18.7 Å². The fourth-order valence-corrected chi connectivity index (χ4v) is 8.14. The predicted molar refractivity (Wildman–Crippen MR) is 146 cm³/mol. The SMILES string of the molecule is C[Si](C)Oc1cc(C(C)(C)C)cc2c1C(C(=O)Oc1ccccc1)([Si](C)(C)C)c1ccccc1O2. The zero-order valence-electron chi connectivity index (χ0n) is 22.0. The highest BCUT2D eigenvalue weighted by Crippen LogP contribution is 2.57. The van der Waals surface area contributed by atoms with Crippen molar-refractivity contribution in [2.24, 2.45) is 0 Å². The molecule has 0 amide bonds. The number of benzene rings is 3. The molecule has 1 atom stereocenters. The maximum atomic E-state index is 14.5. The normalized spacial score (nSPS) is 17.3. The van der Waals surface area contributed by atoms with E-state index in [1.54, 1.807) is 0 Å². The lowest BCUT2D eigenvalue weighted by molar-refractivity contribution is -0.137. The van der Waals surface area contributed by atoms with E-state index < -0.39 is 22.2 Å². The van der Waals surface area contributed by atoms with E-state index in [1.165, 1.54) is 0 Å². The van der Waals surface area contributed by atoms with Gasteiger partial charge < -0.3 is 13.9 Å². The van der Waals surface area contributed by atoms with Crippen molar-refractivity contribution >= 4 is 23.1 Å². The summed E-state index contributed by atoms with van der Waals surface area (Å²) in [6.07, 6.45) is 0. The van der Waals surface area contributed by atoms with Crippen molar-refractivity contribution in [1.29, 1.82) is 0 Å². The van der Waals surface area contributed by atoms with Crippen LogP contribution in [-0.4, -0.2) is 23.1 Å². The van der Waals surface area contributed by atoms with E-state index in [0.29, 0.717) is 17.2 Å². The van der Waals surface area contributed by atoms with Gasteiger partial charge in [0, 0.05) is 5.56 Å². The Balaban J connectivity index is 2.09. The molecule has 0 fully saturated rings. The lowest BCUT2D eigenvalue weighted by atomic mass is 9.81. The van der Waals surface area contributed by atoms with Crippen molar-refractivity contribution in [2.75, 3.05) is 0 Å². The molecular formula is C29H35O4Si2. The van der Waals surface area contributed by atoms with Crippen LogP contribution in [0, 0.1) is 0 Å². The molecule has 1 unspecified atom stereocenters. The lowest BCUT2D eigenvalue weighted by Crippen LogP contribution is -2.59. The second-order valence-electron chi connectivity index (χ2n) is 11.4. The van der Waals surface area contributed by atoms with Gasteiger partial charge in [-0.05, 0) is 54.4 Å². The van der Waals surface area contributed by atoms with Gasteiger partial charge in [0.05, 0.1) is 13.6 Å². The first-order valence-corrected chi connectivity index (χ1v) is 18.0. The Morgan fingerprint density at radius 3 is 2.14 bits per heavy atom. The van der Waals surface area contributed by atoms with Crippen LogP contribution in [0.15, 0.2) is 66.7 Å². The first-order valence-electron chi connectivity index (χ1n) is 12.1. The van der Waals surface area contributed by atoms with Crippen LogP contribution >= 0.6 is 0 Å². The number of carbonyl (C=O) groups is 1. The Kier molecular flexibility index (Phi) is 6.49. The second kappa shape index (κ2) is 8.99. The molecule has 1 heterocycles. The molecule has 1 radical (unpaired) electrons. The van der Waals surface area contributed by atoms with Crippen molar-refractivity contribution in [3.8, 4) is 23.0 Å². The predicted octanol–water partition coefficient (Wildman–Crippen LogP) is 7.49. The van der Waals surface area contributed by atoms with Gasteiger partial charge in [0.2, 0.25) is 0 Å². The Bertz CT molecular complexity index is 1240.